The van der Waals surface area contributed by atoms with Crippen LogP contribution in [-0.4, -0.2) is 17.3 Å². The fourth-order valence-corrected chi connectivity index (χ4v) is 0.844. The summed E-state index contributed by atoms with van der Waals surface area (Å²) in [6, 6.07) is 1.81. The first-order valence-corrected chi connectivity index (χ1v) is 3.71. The molecule has 3 nitrogen and oxygen atoms in total. The second kappa shape index (κ2) is 3.75. The van der Waals surface area contributed by atoms with Crippen LogP contribution in [0.15, 0.2) is 18.3 Å². The first kappa shape index (κ1) is 10.6. The highest BCUT2D eigenvalue weighted by molar-refractivity contribution is 5.97. The average Bonchev–Trinajstić information content (AvgIpc) is 2.15. The quantitative estimate of drug-likeness (QED) is 0.737. The summed E-state index contributed by atoms with van der Waals surface area (Å²) in [5, 5.41) is 0. The predicted octanol–water partition coefficient (Wildman–Crippen LogP) is 1.24. The van der Waals surface area contributed by atoms with E-state index >= 15 is 0 Å². The highest BCUT2D eigenvalue weighted by Gasteiger charge is 2.32. The molecule has 1 aromatic rings. The van der Waals surface area contributed by atoms with Crippen molar-refractivity contribution in [3.63, 3.8) is 0 Å². The molecule has 0 spiro atoms. The molecular weight excluding hydrogens is 197 g/mol. The largest absolute Gasteiger partial charge is 0.433 e. The van der Waals surface area contributed by atoms with Gasteiger partial charge in [-0.1, -0.05) is 0 Å². The summed E-state index contributed by atoms with van der Waals surface area (Å²) in [5.41, 5.74) is 4.09. The van der Waals surface area contributed by atoms with E-state index in [-0.39, 0.29) is 12.1 Å². The number of rotatable bonds is 2. The van der Waals surface area contributed by atoms with Gasteiger partial charge in [0.15, 0.2) is 5.78 Å². The Morgan fingerprint density at radius 2 is 2.07 bits per heavy atom. The second-order valence-electron chi connectivity index (χ2n) is 2.56. The molecule has 0 atom stereocenters. The maximum Gasteiger partial charge on any atom is 0.433 e. The van der Waals surface area contributed by atoms with Crippen molar-refractivity contribution >= 4 is 5.78 Å². The fourth-order valence-electron chi connectivity index (χ4n) is 0.844. The van der Waals surface area contributed by atoms with Gasteiger partial charge >= 0.3 is 6.18 Å². The van der Waals surface area contributed by atoms with Crippen LogP contribution >= 0.6 is 0 Å². The topological polar surface area (TPSA) is 56.0 Å². The summed E-state index contributed by atoms with van der Waals surface area (Å²) in [6.07, 6.45) is -3.61. The highest BCUT2D eigenvalue weighted by atomic mass is 19.4. The number of Topliss-reactive ketones (excluding diaryl/α,β-unsaturated/α-hetero) is 1. The number of ketones is 1. The number of aromatic nitrogens is 1. The van der Waals surface area contributed by atoms with Gasteiger partial charge in [-0.2, -0.15) is 13.2 Å². The van der Waals surface area contributed by atoms with Crippen molar-refractivity contribution in [1.82, 2.24) is 4.98 Å². The number of nitrogens with two attached hydrogens (primary N) is 1. The number of halogens is 3. The molecular formula is C8H7F3N2O. The van der Waals surface area contributed by atoms with E-state index in [9.17, 15) is 18.0 Å². The van der Waals surface area contributed by atoms with E-state index in [1.807, 2.05) is 0 Å². The summed E-state index contributed by atoms with van der Waals surface area (Å²) in [4.78, 5) is 14.0. The molecule has 0 radical (unpaired) electrons. The normalized spacial score (nSPS) is 11.4. The minimum absolute atomic E-state index is 0.0838. The Labute approximate surface area is 77.7 Å². The van der Waals surface area contributed by atoms with Crippen LogP contribution in [0.25, 0.3) is 0 Å². The summed E-state index contributed by atoms with van der Waals surface area (Å²) in [5.74, 6) is -0.439. The molecule has 0 bridgehead atoms. The van der Waals surface area contributed by atoms with Crippen molar-refractivity contribution in [1.29, 1.82) is 0 Å². The van der Waals surface area contributed by atoms with Gasteiger partial charge < -0.3 is 5.73 Å². The summed E-state index contributed by atoms with van der Waals surface area (Å²) in [6.45, 7) is -0.243. The molecule has 0 fully saturated rings. The smallest absolute Gasteiger partial charge is 0.324 e. The number of hydrogen-bond acceptors (Lipinski definition) is 3. The monoisotopic (exact) mass is 204 g/mol. The second-order valence-corrected chi connectivity index (χ2v) is 2.56. The molecule has 0 aliphatic heterocycles. The number of nitrogens with zero attached hydrogens (tertiary/aromatic N) is 1. The lowest BCUT2D eigenvalue weighted by atomic mass is 10.2. The Kier molecular flexibility index (Phi) is 2.85. The molecule has 0 unspecified atom stereocenters. The zero-order chi connectivity index (χ0) is 10.8. The third-order valence-corrected chi connectivity index (χ3v) is 1.56. The SMILES string of the molecule is NCC(=O)c1ccc(C(F)(F)F)nc1. The van der Waals surface area contributed by atoms with E-state index in [1.165, 1.54) is 0 Å². The number of alkyl halides is 3. The van der Waals surface area contributed by atoms with Crippen LogP contribution in [0.2, 0.25) is 0 Å². The molecule has 76 valence electrons. The van der Waals surface area contributed by atoms with E-state index in [2.05, 4.69) is 4.98 Å². The minimum Gasteiger partial charge on any atom is -0.324 e. The minimum atomic E-state index is -4.48. The zero-order valence-corrected chi connectivity index (χ0v) is 7.01. The average molecular weight is 204 g/mol. The Morgan fingerprint density at radius 3 is 2.43 bits per heavy atom. The molecule has 0 saturated carbocycles. The van der Waals surface area contributed by atoms with Gasteiger partial charge in [-0.3, -0.25) is 9.78 Å². The molecule has 1 heterocycles. The van der Waals surface area contributed by atoms with Crippen LogP contribution in [0, 0.1) is 0 Å². The van der Waals surface area contributed by atoms with Crippen LogP contribution in [0.1, 0.15) is 16.1 Å². The summed E-state index contributed by atoms with van der Waals surface area (Å²) >= 11 is 0. The number of hydrogen-bond donors (Lipinski definition) is 1. The maximum atomic E-state index is 12.0. The first-order valence-electron chi connectivity index (χ1n) is 3.71. The van der Waals surface area contributed by atoms with Gasteiger partial charge in [-0.05, 0) is 12.1 Å². The molecule has 2 N–H and O–H groups in total. The van der Waals surface area contributed by atoms with Crippen molar-refractivity contribution < 1.29 is 18.0 Å². The van der Waals surface area contributed by atoms with E-state index < -0.39 is 17.7 Å². The van der Waals surface area contributed by atoms with Crippen LogP contribution in [0.5, 0.6) is 0 Å². The zero-order valence-electron chi connectivity index (χ0n) is 7.01. The van der Waals surface area contributed by atoms with Gasteiger partial charge in [0, 0.05) is 11.8 Å². The lowest BCUT2D eigenvalue weighted by Gasteiger charge is -2.05. The summed E-state index contributed by atoms with van der Waals surface area (Å²) < 4.78 is 36.1. The molecule has 6 heteroatoms. The predicted molar refractivity (Wildman–Crippen MR) is 42.6 cm³/mol. The first-order chi connectivity index (χ1) is 6.45. The fraction of sp³-hybridized carbons (Fsp3) is 0.250. The third-order valence-electron chi connectivity index (χ3n) is 1.56. The Balaban J connectivity index is 2.95. The lowest BCUT2D eigenvalue weighted by molar-refractivity contribution is -0.141. The summed E-state index contributed by atoms with van der Waals surface area (Å²) in [7, 11) is 0. The molecule has 1 aromatic heterocycles. The number of pyridine rings is 1. The molecule has 0 aliphatic rings. The van der Waals surface area contributed by atoms with Gasteiger partial charge in [-0.15, -0.1) is 0 Å². The van der Waals surface area contributed by atoms with Crippen molar-refractivity contribution in [2.45, 2.75) is 6.18 Å². The molecule has 0 aliphatic carbocycles. The molecule has 0 amide bonds. The van der Waals surface area contributed by atoms with E-state index in [1.54, 1.807) is 0 Å². The van der Waals surface area contributed by atoms with Gasteiger partial charge in [0.2, 0.25) is 0 Å². The van der Waals surface area contributed by atoms with Gasteiger partial charge in [0.25, 0.3) is 0 Å². The Morgan fingerprint density at radius 1 is 1.43 bits per heavy atom. The molecule has 0 aromatic carbocycles. The van der Waals surface area contributed by atoms with Crippen molar-refractivity contribution in [2.24, 2.45) is 5.73 Å². The van der Waals surface area contributed by atoms with Crippen molar-refractivity contribution in [3.8, 4) is 0 Å². The van der Waals surface area contributed by atoms with Gasteiger partial charge in [0.05, 0.1) is 6.54 Å². The van der Waals surface area contributed by atoms with Crippen LogP contribution in [0.4, 0.5) is 13.2 Å². The van der Waals surface area contributed by atoms with Crippen LogP contribution in [0.3, 0.4) is 0 Å². The third kappa shape index (κ3) is 2.29. The van der Waals surface area contributed by atoms with E-state index in [0.717, 1.165) is 18.3 Å². The van der Waals surface area contributed by atoms with E-state index in [4.69, 9.17) is 5.73 Å². The number of carbonyl (C=O) groups is 1. The maximum absolute atomic E-state index is 12.0. The van der Waals surface area contributed by atoms with E-state index in [0.29, 0.717) is 0 Å². The van der Waals surface area contributed by atoms with Crippen molar-refractivity contribution in [2.75, 3.05) is 6.54 Å². The van der Waals surface area contributed by atoms with Gasteiger partial charge in [0.1, 0.15) is 5.69 Å². The molecule has 14 heavy (non-hydrogen) atoms. The highest BCUT2D eigenvalue weighted by Crippen LogP contribution is 2.27. The standard InChI is InChI=1S/C8H7F3N2O/c9-8(10,11)7-2-1-5(4-13-7)6(14)3-12/h1-2,4H,3,12H2. The van der Waals surface area contributed by atoms with Crippen molar-refractivity contribution in [3.05, 3.63) is 29.6 Å². The molecule has 1 rings (SSSR count). The molecule has 0 saturated heterocycles. The van der Waals surface area contributed by atoms with Crippen LogP contribution < -0.4 is 5.73 Å². The Hall–Kier alpha value is -1.43. The number of carbonyl (C=O) groups excluding carboxylic acids is 1. The lowest BCUT2D eigenvalue weighted by Crippen LogP contribution is -2.15. The van der Waals surface area contributed by atoms with Crippen LogP contribution in [-0.2, 0) is 6.18 Å². The van der Waals surface area contributed by atoms with Gasteiger partial charge in [-0.25, -0.2) is 0 Å². The Bertz CT molecular complexity index is 331.